The Hall–Kier alpha value is -2.57. The lowest BCUT2D eigenvalue weighted by Crippen LogP contribution is -2.06. The van der Waals surface area contributed by atoms with E-state index in [-0.39, 0.29) is 12.2 Å². The topological polar surface area (TPSA) is 68.1 Å². The van der Waals surface area contributed by atoms with E-state index in [0.29, 0.717) is 6.07 Å². The Labute approximate surface area is 113 Å². The standard InChI is InChI=1S/C13H11F2N3O2/c1-8-6-16-3-2-9(8)7-17-12-5-10(14)4-11(15)13(12)18(19)20/h2-6,17H,7H2,1H3. The minimum Gasteiger partial charge on any atom is -0.375 e. The fraction of sp³-hybridized carbons (Fsp3) is 0.154. The third-order valence-electron chi connectivity index (χ3n) is 2.82. The Morgan fingerprint density at radius 3 is 2.80 bits per heavy atom. The minimum atomic E-state index is -1.20. The van der Waals surface area contributed by atoms with Gasteiger partial charge in [0.15, 0.2) is 0 Å². The van der Waals surface area contributed by atoms with Gasteiger partial charge in [0.25, 0.3) is 0 Å². The van der Waals surface area contributed by atoms with Crippen LogP contribution in [0.15, 0.2) is 30.6 Å². The van der Waals surface area contributed by atoms with Crippen LogP contribution in [0, 0.1) is 28.7 Å². The Kier molecular flexibility index (Phi) is 3.88. The van der Waals surface area contributed by atoms with Crippen molar-refractivity contribution < 1.29 is 13.7 Å². The first-order valence-electron chi connectivity index (χ1n) is 5.76. The van der Waals surface area contributed by atoms with Crippen LogP contribution < -0.4 is 5.32 Å². The van der Waals surface area contributed by atoms with Gasteiger partial charge in [-0.05, 0) is 24.1 Å². The largest absolute Gasteiger partial charge is 0.375 e. The average molecular weight is 279 g/mol. The highest BCUT2D eigenvalue weighted by molar-refractivity contribution is 5.62. The molecular formula is C13H11F2N3O2. The van der Waals surface area contributed by atoms with E-state index in [1.165, 1.54) is 0 Å². The second-order valence-corrected chi connectivity index (χ2v) is 4.20. The number of hydrogen-bond donors (Lipinski definition) is 1. The summed E-state index contributed by atoms with van der Waals surface area (Å²) in [5.41, 5.74) is 0.750. The summed E-state index contributed by atoms with van der Waals surface area (Å²) >= 11 is 0. The molecular weight excluding hydrogens is 268 g/mol. The average Bonchev–Trinajstić information content (AvgIpc) is 2.36. The summed E-state index contributed by atoms with van der Waals surface area (Å²) in [6.07, 6.45) is 3.21. The van der Waals surface area contributed by atoms with E-state index in [0.717, 1.165) is 17.2 Å². The molecule has 0 atom stereocenters. The number of hydrogen-bond acceptors (Lipinski definition) is 4. The predicted octanol–water partition coefficient (Wildman–Crippen LogP) is 3.19. The van der Waals surface area contributed by atoms with Crippen LogP contribution >= 0.6 is 0 Å². The number of benzene rings is 1. The second kappa shape index (κ2) is 5.60. The first-order chi connectivity index (χ1) is 9.49. The quantitative estimate of drug-likeness (QED) is 0.689. The number of nitro benzene ring substituents is 1. The fourth-order valence-corrected chi connectivity index (χ4v) is 1.78. The van der Waals surface area contributed by atoms with Gasteiger partial charge in [-0.2, -0.15) is 4.39 Å². The number of nitro groups is 1. The summed E-state index contributed by atoms with van der Waals surface area (Å²) < 4.78 is 26.6. The minimum absolute atomic E-state index is 0.191. The van der Waals surface area contributed by atoms with Gasteiger partial charge in [0.2, 0.25) is 5.82 Å². The molecule has 0 spiro atoms. The molecule has 1 aromatic carbocycles. The molecule has 0 amide bonds. The van der Waals surface area contributed by atoms with Crippen molar-refractivity contribution in [2.75, 3.05) is 5.32 Å². The summed E-state index contributed by atoms with van der Waals surface area (Å²) in [5, 5.41) is 13.5. The fourth-order valence-electron chi connectivity index (χ4n) is 1.78. The highest BCUT2D eigenvalue weighted by Gasteiger charge is 2.21. The van der Waals surface area contributed by atoms with Crippen LogP contribution in [0.5, 0.6) is 0 Å². The highest BCUT2D eigenvalue weighted by Crippen LogP contribution is 2.29. The molecule has 104 valence electrons. The summed E-state index contributed by atoms with van der Waals surface area (Å²) in [4.78, 5) is 13.9. The summed E-state index contributed by atoms with van der Waals surface area (Å²) in [6.45, 7) is 2.03. The molecule has 2 aromatic rings. The van der Waals surface area contributed by atoms with Gasteiger partial charge in [-0.25, -0.2) is 4.39 Å². The predicted molar refractivity (Wildman–Crippen MR) is 69.3 cm³/mol. The summed E-state index contributed by atoms with van der Waals surface area (Å²) in [5.74, 6) is -2.08. The van der Waals surface area contributed by atoms with Gasteiger partial charge in [0, 0.05) is 31.1 Å². The zero-order valence-electron chi connectivity index (χ0n) is 10.6. The molecule has 2 rings (SSSR count). The Morgan fingerprint density at radius 2 is 2.15 bits per heavy atom. The lowest BCUT2D eigenvalue weighted by molar-refractivity contribution is -0.386. The van der Waals surface area contributed by atoms with E-state index in [9.17, 15) is 18.9 Å². The van der Waals surface area contributed by atoms with Crippen LogP contribution in [0.1, 0.15) is 11.1 Å². The zero-order chi connectivity index (χ0) is 14.7. The molecule has 7 heteroatoms. The lowest BCUT2D eigenvalue weighted by Gasteiger charge is -2.09. The number of rotatable bonds is 4. The van der Waals surface area contributed by atoms with Gasteiger partial charge in [-0.15, -0.1) is 0 Å². The Balaban J connectivity index is 2.30. The molecule has 0 unspecified atom stereocenters. The maximum atomic E-state index is 13.4. The van der Waals surface area contributed by atoms with Gasteiger partial charge in [-0.3, -0.25) is 15.1 Å². The number of halogens is 2. The molecule has 1 heterocycles. The van der Waals surface area contributed by atoms with Crippen molar-refractivity contribution in [1.82, 2.24) is 4.98 Å². The van der Waals surface area contributed by atoms with Gasteiger partial charge in [0.1, 0.15) is 11.5 Å². The van der Waals surface area contributed by atoms with Gasteiger partial charge < -0.3 is 5.32 Å². The third-order valence-corrected chi connectivity index (χ3v) is 2.82. The number of pyridine rings is 1. The Morgan fingerprint density at radius 1 is 1.40 bits per heavy atom. The van der Waals surface area contributed by atoms with E-state index in [4.69, 9.17) is 0 Å². The van der Waals surface area contributed by atoms with Crippen LogP contribution in [0.3, 0.4) is 0 Å². The number of anilines is 1. The van der Waals surface area contributed by atoms with Crippen molar-refractivity contribution in [3.8, 4) is 0 Å². The van der Waals surface area contributed by atoms with Gasteiger partial charge in [0.05, 0.1) is 4.92 Å². The van der Waals surface area contributed by atoms with Crippen LogP contribution in [0.4, 0.5) is 20.2 Å². The van der Waals surface area contributed by atoms with Crippen molar-refractivity contribution in [1.29, 1.82) is 0 Å². The molecule has 1 N–H and O–H groups in total. The van der Waals surface area contributed by atoms with Crippen LogP contribution in [-0.2, 0) is 6.54 Å². The van der Waals surface area contributed by atoms with Crippen molar-refractivity contribution >= 4 is 11.4 Å². The number of aryl methyl sites for hydroxylation is 1. The first-order valence-corrected chi connectivity index (χ1v) is 5.76. The number of nitrogens with one attached hydrogen (secondary N) is 1. The van der Waals surface area contributed by atoms with Crippen LogP contribution in [-0.4, -0.2) is 9.91 Å². The SMILES string of the molecule is Cc1cnccc1CNc1cc(F)cc(F)c1[N+](=O)[O-]. The molecule has 1 aromatic heterocycles. The molecule has 0 fully saturated rings. The Bertz CT molecular complexity index is 662. The van der Waals surface area contributed by atoms with Gasteiger partial charge >= 0.3 is 5.69 Å². The van der Waals surface area contributed by atoms with E-state index < -0.39 is 22.2 Å². The third kappa shape index (κ3) is 2.87. The molecule has 0 radical (unpaired) electrons. The number of aromatic nitrogens is 1. The monoisotopic (exact) mass is 279 g/mol. The molecule has 0 saturated heterocycles. The van der Waals surface area contributed by atoms with E-state index in [2.05, 4.69) is 10.3 Å². The smallest absolute Gasteiger partial charge is 0.327 e. The van der Waals surface area contributed by atoms with Crippen LogP contribution in [0.25, 0.3) is 0 Å². The van der Waals surface area contributed by atoms with Gasteiger partial charge in [-0.1, -0.05) is 0 Å². The van der Waals surface area contributed by atoms with E-state index in [1.54, 1.807) is 18.5 Å². The molecule has 0 bridgehead atoms. The zero-order valence-corrected chi connectivity index (χ0v) is 10.6. The summed E-state index contributed by atoms with van der Waals surface area (Å²) in [6, 6.07) is 3.11. The van der Waals surface area contributed by atoms with E-state index in [1.807, 2.05) is 6.92 Å². The molecule has 0 aliphatic heterocycles. The molecule has 0 aliphatic carbocycles. The second-order valence-electron chi connectivity index (χ2n) is 4.20. The van der Waals surface area contributed by atoms with Crippen molar-refractivity contribution in [3.05, 3.63) is 63.5 Å². The lowest BCUT2D eigenvalue weighted by atomic mass is 10.1. The molecule has 20 heavy (non-hydrogen) atoms. The molecule has 0 saturated carbocycles. The maximum Gasteiger partial charge on any atom is 0.327 e. The molecule has 0 aliphatic rings. The number of nitrogens with zero attached hydrogens (tertiary/aromatic N) is 2. The highest BCUT2D eigenvalue weighted by atomic mass is 19.1. The first kappa shape index (κ1) is 13.9. The van der Waals surface area contributed by atoms with Crippen LogP contribution in [0.2, 0.25) is 0 Å². The van der Waals surface area contributed by atoms with E-state index >= 15 is 0 Å². The van der Waals surface area contributed by atoms with Crippen molar-refractivity contribution in [3.63, 3.8) is 0 Å². The van der Waals surface area contributed by atoms with Crippen molar-refractivity contribution in [2.24, 2.45) is 0 Å². The molecule has 5 nitrogen and oxygen atoms in total. The van der Waals surface area contributed by atoms with Crippen molar-refractivity contribution in [2.45, 2.75) is 13.5 Å². The normalized spacial score (nSPS) is 10.3. The maximum absolute atomic E-state index is 13.4. The summed E-state index contributed by atoms with van der Waals surface area (Å²) in [7, 11) is 0.